The molecule has 0 aliphatic carbocycles. The second-order valence-corrected chi connectivity index (χ2v) is 6.25. The fraction of sp³-hybridized carbons (Fsp3) is 0.938. The lowest BCUT2D eigenvalue weighted by Gasteiger charge is -2.26. The van der Waals surface area contributed by atoms with Gasteiger partial charge >= 0.3 is 0 Å². The van der Waals surface area contributed by atoms with Gasteiger partial charge in [0.15, 0.2) is 0 Å². The summed E-state index contributed by atoms with van der Waals surface area (Å²) in [5, 5.41) is 0. The Morgan fingerprint density at radius 2 is 1.39 bits per heavy atom. The molecule has 0 fully saturated rings. The van der Waals surface area contributed by atoms with E-state index in [0.29, 0.717) is 17.7 Å². The molecule has 2 nitrogen and oxygen atoms in total. The standard InChI is InChI=1S/C16H33NO/c1-6-7-8-9-10-11-16(18)17(12-14(2)3)13-15(4)5/h14-15H,6-13H2,1-5H3. The highest BCUT2D eigenvalue weighted by Crippen LogP contribution is 2.10. The van der Waals surface area contributed by atoms with Gasteiger partial charge in [-0.2, -0.15) is 0 Å². The van der Waals surface area contributed by atoms with Crippen LogP contribution in [-0.2, 0) is 4.79 Å². The number of hydrogen-bond acceptors (Lipinski definition) is 1. The summed E-state index contributed by atoms with van der Waals surface area (Å²) in [5.74, 6) is 1.48. The molecule has 0 aromatic heterocycles. The second-order valence-electron chi connectivity index (χ2n) is 6.25. The monoisotopic (exact) mass is 255 g/mol. The lowest BCUT2D eigenvalue weighted by atomic mass is 10.1. The van der Waals surface area contributed by atoms with Gasteiger partial charge in [-0.3, -0.25) is 4.79 Å². The van der Waals surface area contributed by atoms with Gasteiger partial charge in [0.2, 0.25) is 5.91 Å². The zero-order valence-electron chi connectivity index (χ0n) is 13.2. The fourth-order valence-corrected chi connectivity index (χ4v) is 2.20. The van der Waals surface area contributed by atoms with Crippen LogP contribution in [0.3, 0.4) is 0 Å². The number of rotatable bonds is 10. The molecular formula is C16H33NO. The van der Waals surface area contributed by atoms with Crippen LogP contribution in [0, 0.1) is 11.8 Å². The first-order chi connectivity index (χ1) is 8.47. The molecule has 0 N–H and O–H groups in total. The molecule has 0 aromatic rings. The van der Waals surface area contributed by atoms with Crippen molar-refractivity contribution < 1.29 is 4.79 Å². The normalized spacial score (nSPS) is 11.3. The number of hydrogen-bond donors (Lipinski definition) is 0. The van der Waals surface area contributed by atoms with Gasteiger partial charge < -0.3 is 4.90 Å². The maximum Gasteiger partial charge on any atom is 0.222 e. The number of carbonyl (C=O) groups excluding carboxylic acids is 1. The van der Waals surface area contributed by atoms with Crippen molar-refractivity contribution in [2.75, 3.05) is 13.1 Å². The molecule has 0 atom stereocenters. The molecule has 18 heavy (non-hydrogen) atoms. The number of nitrogens with zero attached hydrogens (tertiary/aromatic N) is 1. The van der Waals surface area contributed by atoms with Crippen LogP contribution in [0.1, 0.15) is 73.1 Å². The second kappa shape index (κ2) is 10.4. The molecule has 0 saturated heterocycles. The largest absolute Gasteiger partial charge is 0.342 e. The van der Waals surface area contributed by atoms with Crippen molar-refractivity contribution >= 4 is 5.91 Å². The maximum atomic E-state index is 12.2. The summed E-state index contributed by atoms with van der Waals surface area (Å²) in [6, 6.07) is 0. The van der Waals surface area contributed by atoms with E-state index >= 15 is 0 Å². The Labute approximate surface area is 114 Å². The van der Waals surface area contributed by atoms with E-state index in [1.165, 1.54) is 25.7 Å². The molecule has 0 spiro atoms. The summed E-state index contributed by atoms with van der Waals surface area (Å²) >= 11 is 0. The van der Waals surface area contributed by atoms with Crippen molar-refractivity contribution in [2.45, 2.75) is 73.1 Å². The first-order valence-electron chi connectivity index (χ1n) is 7.75. The number of carbonyl (C=O) groups is 1. The molecule has 0 aliphatic heterocycles. The quantitative estimate of drug-likeness (QED) is 0.527. The third kappa shape index (κ3) is 9.49. The minimum Gasteiger partial charge on any atom is -0.342 e. The minimum absolute atomic E-state index is 0.355. The van der Waals surface area contributed by atoms with Gasteiger partial charge in [0.1, 0.15) is 0 Å². The highest BCUT2D eigenvalue weighted by atomic mass is 16.2. The van der Waals surface area contributed by atoms with Gasteiger partial charge in [-0.05, 0) is 18.3 Å². The molecule has 2 heteroatoms. The Kier molecular flexibility index (Phi) is 10.1. The predicted octanol–water partition coefficient (Wildman–Crippen LogP) is 4.49. The van der Waals surface area contributed by atoms with E-state index in [4.69, 9.17) is 0 Å². The summed E-state index contributed by atoms with van der Waals surface area (Å²) in [4.78, 5) is 14.2. The number of amides is 1. The molecule has 0 heterocycles. The van der Waals surface area contributed by atoms with Crippen molar-refractivity contribution in [2.24, 2.45) is 11.8 Å². The Bertz CT molecular complexity index is 201. The topological polar surface area (TPSA) is 20.3 Å². The van der Waals surface area contributed by atoms with Crippen LogP contribution in [-0.4, -0.2) is 23.9 Å². The summed E-state index contributed by atoms with van der Waals surface area (Å²) in [7, 11) is 0. The number of unbranched alkanes of at least 4 members (excludes halogenated alkanes) is 4. The van der Waals surface area contributed by atoms with E-state index in [1.54, 1.807) is 0 Å². The van der Waals surface area contributed by atoms with Gasteiger partial charge in [-0.15, -0.1) is 0 Å². The smallest absolute Gasteiger partial charge is 0.222 e. The molecule has 1 amide bonds. The van der Waals surface area contributed by atoms with Gasteiger partial charge in [0.05, 0.1) is 0 Å². The Hall–Kier alpha value is -0.530. The lowest BCUT2D eigenvalue weighted by molar-refractivity contribution is -0.132. The molecule has 0 aromatic carbocycles. The molecule has 0 rings (SSSR count). The van der Waals surface area contributed by atoms with Crippen molar-refractivity contribution in [3.05, 3.63) is 0 Å². The summed E-state index contributed by atoms with van der Waals surface area (Å²) < 4.78 is 0. The first kappa shape index (κ1) is 17.5. The maximum absolute atomic E-state index is 12.2. The highest BCUT2D eigenvalue weighted by molar-refractivity contribution is 5.76. The molecule has 0 radical (unpaired) electrons. The molecule has 0 aliphatic rings. The molecule has 0 saturated carbocycles. The van der Waals surface area contributed by atoms with Crippen molar-refractivity contribution in [1.29, 1.82) is 0 Å². The molecular weight excluding hydrogens is 222 g/mol. The first-order valence-corrected chi connectivity index (χ1v) is 7.75. The zero-order chi connectivity index (χ0) is 14.0. The molecule has 0 unspecified atom stereocenters. The van der Waals surface area contributed by atoms with E-state index < -0.39 is 0 Å². The van der Waals surface area contributed by atoms with Gasteiger partial charge in [0.25, 0.3) is 0 Å². The van der Waals surface area contributed by atoms with Crippen LogP contribution >= 0.6 is 0 Å². The summed E-state index contributed by atoms with van der Waals surface area (Å²) in [6.07, 6.45) is 6.85. The van der Waals surface area contributed by atoms with E-state index in [0.717, 1.165) is 25.9 Å². The van der Waals surface area contributed by atoms with Crippen LogP contribution in [0.2, 0.25) is 0 Å². The van der Waals surface area contributed by atoms with Crippen molar-refractivity contribution in [1.82, 2.24) is 4.90 Å². The van der Waals surface area contributed by atoms with Gasteiger partial charge in [-0.25, -0.2) is 0 Å². The van der Waals surface area contributed by atoms with Gasteiger partial charge in [-0.1, -0.05) is 60.3 Å². The zero-order valence-corrected chi connectivity index (χ0v) is 13.2. The summed E-state index contributed by atoms with van der Waals surface area (Å²) in [6.45, 7) is 12.8. The van der Waals surface area contributed by atoms with Crippen LogP contribution in [0.5, 0.6) is 0 Å². The SMILES string of the molecule is CCCCCCCC(=O)N(CC(C)C)CC(C)C. The van der Waals surface area contributed by atoms with E-state index in [2.05, 4.69) is 39.5 Å². The third-order valence-electron chi connectivity index (χ3n) is 3.02. The minimum atomic E-state index is 0.355. The Morgan fingerprint density at radius 3 is 1.83 bits per heavy atom. The van der Waals surface area contributed by atoms with Crippen LogP contribution in [0.25, 0.3) is 0 Å². The fourth-order valence-electron chi connectivity index (χ4n) is 2.20. The van der Waals surface area contributed by atoms with E-state index in [1.807, 2.05) is 0 Å². The summed E-state index contributed by atoms with van der Waals surface area (Å²) in [5.41, 5.74) is 0. The van der Waals surface area contributed by atoms with Crippen molar-refractivity contribution in [3.63, 3.8) is 0 Å². The Morgan fingerprint density at radius 1 is 0.889 bits per heavy atom. The van der Waals surface area contributed by atoms with Crippen molar-refractivity contribution in [3.8, 4) is 0 Å². The average molecular weight is 255 g/mol. The Balaban J connectivity index is 3.96. The molecule has 108 valence electrons. The highest BCUT2D eigenvalue weighted by Gasteiger charge is 2.15. The van der Waals surface area contributed by atoms with Crippen LogP contribution < -0.4 is 0 Å². The third-order valence-corrected chi connectivity index (χ3v) is 3.02. The average Bonchev–Trinajstić information content (AvgIpc) is 2.26. The lowest BCUT2D eigenvalue weighted by Crippen LogP contribution is -2.36. The van der Waals surface area contributed by atoms with Crippen LogP contribution in [0.15, 0.2) is 0 Å². The molecule has 0 bridgehead atoms. The van der Waals surface area contributed by atoms with E-state index in [-0.39, 0.29) is 0 Å². The van der Waals surface area contributed by atoms with Crippen LogP contribution in [0.4, 0.5) is 0 Å². The van der Waals surface area contributed by atoms with E-state index in [9.17, 15) is 4.79 Å². The van der Waals surface area contributed by atoms with Gasteiger partial charge in [0, 0.05) is 19.5 Å². The predicted molar refractivity (Wildman–Crippen MR) is 79.6 cm³/mol.